The van der Waals surface area contributed by atoms with Crippen LogP contribution in [0, 0.1) is 5.41 Å². The molecule has 3 N–H and O–H groups in total. The number of allylic oxidation sites excluding steroid dienone is 1. The second kappa shape index (κ2) is 12.2. The van der Waals surface area contributed by atoms with Crippen LogP contribution in [0.15, 0.2) is 47.5 Å². The Kier molecular flexibility index (Phi) is 9.20. The Hall–Kier alpha value is -4.09. The van der Waals surface area contributed by atoms with Crippen molar-refractivity contribution in [3.8, 4) is 11.1 Å². The molecule has 0 aliphatic carbocycles. The first-order valence-corrected chi connectivity index (χ1v) is 12.5. The molecule has 0 atom stereocenters. The largest absolute Gasteiger partial charge is 0.435 e. The van der Waals surface area contributed by atoms with Crippen molar-refractivity contribution >= 4 is 18.0 Å². The van der Waals surface area contributed by atoms with E-state index in [1.54, 1.807) is 66.2 Å². The van der Waals surface area contributed by atoms with Crippen molar-refractivity contribution in [2.75, 3.05) is 34.2 Å². The van der Waals surface area contributed by atoms with E-state index in [4.69, 9.17) is 11.1 Å². The minimum atomic E-state index is -4.67. The molecule has 12 heteroatoms. The number of fused-ring (bicyclic) bond motifs is 1. The lowest BCUT2D eigenvalue weighted by atomic mass is 9.88. The van der Waals surface area contributed by atoms with Gasteiger partial charge in [0.1, 0.15) is 0 Å². The first kappa shape index (κ1) is 29.5. The molecule has 0 bridgehead atoms. The molecule has 0 radical (unpaired) electrons. The normalized spacial score (nSPS) is 14.7. The Morgan fingerprint density at radius 1 is 1.23 bits per heavy atom. The zero-order valence-electron chi connectivity index (χ0n) is 22.9. The Balaban J connectivity index is 2.17. The van der Waals surface area contributed by atoms with Gasteiger partial charge in [0.15, 0.2) is 5.69 Å². The standard InChI is InChI=1S/C27H35F3N8O/c1-6-38-16-24(25(34-38)27(28,29)30)22-12-19(14-36(17-31)10-9-35(4)5)13-23-21(22)7-8-37(26(23)39)15-20(33-3)11-18(2)32/h9-13,16-17,31H,6-8,14-15,32H2,1-5H3/b10-9-,18-11-,31-17?,33-20?. The van der Waals surface area contributed by atoms with Crippen LogP contribution in [0.1, 0.15) is 41.0 Å². The van der Waals surface area contributed by atoms with E-state index >= 15 is 0 Å². The highest BCUT2D eigenvalue weighted by Crippen LogP contribution is 2.40. The van der Waals surface area contributed by atoms with Crippen molar-refractivity contribution in [3.63, 3.8) is 0 Å². The molecule has 0 unspecified atom stereocenters. The van der Waals surface area contributed by atoms with Crippen LogP contribution in [0.5, 0.6) is 0 Å². The maximum atomic E-state index is 14.1. The van der Waals surface area contributed by atoms with Gasteiger partial charge in [0, 0.05) is 76.2 Å². The van der Waals surface area contributed by atoms with E-state index in [1.807, 2.05) is 14.1 Å². The van der Waals surface area contributed by atoms with Crippen LogP contribution in [0.25, 0.3) is 11.1 Å². The number of aryl methyl sites for hydroxylation is 1. The fraction of sp³-hybridized carbons (Fsp3) is 0.407. The van der Waals surface area contributed by atoms with Gasteiger partial charge in [0.05, 0.1) is 18.6 Å². The summed E-state index contributed by atoms with van der Waals surface area (Å²) in [7, 11) is 5.29. The molecule has 0 saturated carbocycles. The maximum Gasteiger partial charge on any atom is 0.435 e. The molecule has 1 aliphatic heterocycles. The fourth-order valence-electron chi connectivity index (χ4n) is 4.39. The van der Waals surface area contributed by atoms with Crippen LogP contribution in [0.4, 0.5) is 13.2 Å². The number of rotatable bonds is 10. The number of hydrogen-bond donors (Lipinski definition) is 2. The molecular formula is C27H35F3N8O. The van der Waals surface area contributed by atoms with Gasteiger partial charge in [-0.2, -0.15) is 18.3 Å². The lowest BCUT2D eigenvalue weighted by Gasteiger charge is -2.31. The van der Waals surface area contributed by atoms with Crippen LogP contribution in [-0.4, -0.2) is 76.7 Å². The maximum absolute atomic E-state index is 14.1. The highest BCUT2D eigenvalue weighted by atomic mass is 19.4. The third-order valence-electron chi connectivity index (χ3n) is 6.23. The van der Waals surface area contributed by atoms with E-state index in [0.717, 1.165) is 6.34 Å². The van der Waals surface area contributed by atoms with Crippen LogP contribution in [-0.2, 0) is 25.7 Å². The fourth-order valence-corrected chi connectivity index (χ4v) is 4.39. The van der Waals surface area contributed by atoms with Gasteiger partial charge in [-0.15, -0.1) is 0 Å². The van der Waals surface area contributed by atoms with Crippen molar-refractivity contribution in [2.45, 2.75) is 39.5 Å². The van der Waals surface area contributed by atoms with Gasteiger partial charge in [0.2, 0.25) is 0 Å². The van der Waals surface area contributed by atoms with E-state index in [2.05, 4.69) is 10.1 Å². The highest BCUT2D eigenvalue weighted by Gasteiger charge is 2.39. The van der Waals surface area contributed by atoms with Crippen LogP contribution in [0.3, 0.4) is 0 Å². The summed E-state index contributed by atoms with van der Waals surface area (Å²) in [6, 6.07) is 3.38. The summed E-state index contributed by atoms with van der Waals surface area (Å²) < 4.78 is 43.4. The number of carbonyl (C=O) groups excluding carboxylic acids is 1. The predicted octanol–water partition coefficient (Wildman–Crippen LogP) is 3.96. The molecule has 2 aromatic rings. The third-order valence-corrected chi connectivity index (χ3v) is 6.23. The Morgan fingerprint density at radius 3 is 2.49 bits per heavy atom. The molecule has 9 nitrogen and oxygen atoms in total. The average Bonchev–Trinajstić information content (AvgIpc) is 3.32. The molecule has 1 aliphatic rings. The van der Waals surface area contributed by atoms with Gasteiger partial charge in [-0.3, -0.25) is 19.9 Å². The minimum Gasteiger partial charge on any atom is -0.402 e. The molecule has 3 rings (SSSR count). The lowest BCUT2D eigenvalue weighted by Crippen LogP contribution is -2.41. The summed E-state index contributed by atoms with van der Waals surface area (Å²) in [6.45, 7) is 4.43. The van der Waals surface area contributed by atoms with E-state index in [1.165, 1.54) is 10.9 Å². The molecule has 0 spiro atoms. The van der Waals surface area contributed by atoms with Crippen molar-refractivity contribution in [1.29, 1.82) is 5.41 Å². The number of aromatic nitrogens is 2. The lowest BCUT2D eigenvalue weighted by molar-refractivity contribution is -0.141. The molecular weight excluding hydrogens is 509 g/mol. The van der Waals surface area contributed by atoms with Crippen molar-refractivity contribution < 1.29 is 18.0 Å². The molecule has 39 heavy (non-hydrogen) atoms. The summed E-state index contributed by atoms with van der Waals surface area (Å²) in [5.41, 5.74) is 7.71. The van der Waals surface area contributed by atoms with Crippen LogP contribution < -0.4 is 5.73 Å². The summed E-state index contributed by atoms with van der Waals surface area (Å²) >= 11 is 0. The van der Waals surface area contributed by atoms with Gasteiger partial charge in [-0.1, -0.05) is 0 Å². The smallest absolute Gasteiger partial charge is 0.402 e. The van der Waals surface area contributed by atoms with Gasteiger partial charge < -0.3 is 20.4 Å². The summed E-state index contributed by atoms with van der Waals surface area (Å²) in [5, 5.41) is 11.6. The number of carbonyl (C=O) groups is 1. The Bertz CT molecular complexity index is 1300. The first-order valence-electron chi connectivity index (χ1n) is 12.5. The predicted molar refractivity (Wildman–Crippen MR) is 146 cm³/mol. The van der Waals surface area contributed by atoms with Crippen LogP contribution >= 0.6 is 0 Å². The van der Waals surface area contributed by atoms with Gasteiger partial charge in [-0.25, -0.2) is 0 Å². The Morgan fingerprint density at radius 2 is 1.92 bits per heavy atom. The number of nitrogens with one attached hydrogen (secondary N) is 1. The number of aliphatic imine (C=N–C) groups is 1. The molecule has 0 saturated heterocycles. The highest BCUT2D eigenvalue weighted by molar-refractivity contribution is 6.04. The quantitative estimate of drug-likeness (QED) is 0.348. The first-order chi connectivity index (χ1) is 18.4. The zero-order valence-corrected chi connectivity index (χ0v) is 22.9. The number of benzene rings is 1. The monoisotopic (exact) mass is 544 g/mol. The minimum absolute atomic E-state index is 0.0635. The average molecular weight is 545 g/mol. The van der Waals surface area contributed by atoms with Gasteiger partial charge in [0.25, 0.3) is 5.91 Å². The van der Waals surface area contributed by atoms with E-state index in [9.17, 15) is 18.0 Å². The van der Waals surface area contributed by atoms with E-state index < -0.39 is 11.9 Å². The molecule has 210 valence electrons. The van der Waals surface area contributed by atoms with Crippen molar-refractivity contribution in [3.05, 3.63) is 64.9 Å². The van der Waals surface area contributed by atoms with Crippen molar-refractivity contribution in [2.24, 2.45) is 10.7 Å². The number of amides is 1. The van der Waals surface area contributed by atoms with Gasteiger partial charge in [-0.05, 0) is 55.2 Å². The number of hydrogen-bond acceptors (Lipinski definition) is 6. The van der Waals surface area contributed by atoms with Crippen LogP contribution in [0.2, 0.25) is 0 Å². The van der Waals surface area contributed by atoms with Gasteiger partial charge >= 0.3 is 6.18 Å². The van der Waals surface area contributed by atoms with E-state index in [0.29, 0.717) is 46.6 Å². The SMILES string of the molecule is CCn1cc(-c2cc(CN(C=N)/C=C\N(C)C)cc3c2CCN(CC(/C=C(/C)N)=NC)C3=O)c(C(F)(F)F)n1. The summed E-state index contributed by atoms with van der Waals surface area (Å²) in [6.07, 6.45) is 3.33. The molecule has 1 aromatic heterocycles. The molecule has 0 fully saturated rings. The van der Waals surface area contributed by atoms with E-state index in [-0.39, 0.29) is 31.1 Å². The topological polar surface area (TPSA) is 107 Å². The number of nitrogens with zero attached hydrogens (tertiary/aromatic N) is 6. The summed E-state index contributed by atoms with van der Waals surface area (Å²) in [4.78, 5) is 22.9. The number of alkyl halides is 3. The number of halogens is 3. The Labute approximate surface area is 226 Å². The molecule has 1 aromatic carbocycles. The molecule has 1 amide bonds. The summed E-state index contributed by atoms with van der Waals surface area (Å²) in [5.74, 6) is -0.301. The zero-order chi connectivity index (χ0) is 28.9. The third kappa shape index (κ3) is 7.06. The number of nitrogens with two attached hydrogens (primary N) is 1. The second-order valence-electron chi connectivity index (χ2n) is 9.56. The second-order valence-corrected chi connectivity index (χ2v) is 9.56. The van der Waals surface area contributed by atoms with Crippen molar-refractivity contribution in [1.82, 2.24) is 24.5 Å². The molecule has 2 heterocycles.